The molecule has 0 saturated heterocycles. The standard InChI is InChI=1S/C24H30N2.C5H10O2.CH3.Ni/c1-15-11-17(3)23(18(4)12-15)25-21-9-7-8-10-22(21)26-24-19(5)13-16(2)14-20(24)6;1-4(2)5(6)7-3;;/h11-14H,7-10H2,1-6H3;4H,1-3H3;1H3;/q;;-1;. The zero-order valence-corrected chi connectivity index (χ0v) is 24.2. The van der Waals surface area contributed by atoms with Crippen LogP contribution in [0.4, 0.5) is 11.4 Å². The molecule has 5 heteroatoms. The zero-order valence-electron chi connectivity index (χ0n) is 23.2. The number of hydrogen-bond donors (Lipinski definition) is 0. The minimum Gasteiger partial charge on any atom is -0.469 e. The first-order valence-electron chi connectivity index (χ1n) is 11.9. The van der Waals surface area contributed by atoms with E-state index in [1.807, 2.05) is 0 Å². The van der Waals surface area contributed by atoms with Gasteiger partial charge in [0.2, 0.25) is 0 Å². The van der Waals surface area contributed by atoms with Gasteiger partial charge in [0.1, 0.15) is 0 Å². The Balaban J connectivity index is 0.00000113. The number of aryl methyl sites for hydroxylation is 6. The Kier molecular flexibility index (Phi) is 14.0. The van der Waals surface area contributed by atoms with Crippen LogP contribution in [-0.4, -0.2) is 24.5 Å². The summed E-state index contributed by atoms with van der Waals surface area (Å²) < 4.78 is 4.37. The van der Waals surface area contributed by atoms with Crippen molar-refractivity contribution in [3.8, 4) is 0 Å². The maximum absolute atomic E-state index is 10.3. The van der Waals surface area contributed by atoms with Crippen LogP contribution in [-0.2, 0) is 26.0 Å². The SMILES string of the molecule is COC(=O)C(C)C.Cc1cc(C)c(N=C2CCCCC2=Nc2c(C)cc(C)cc2C)c(C)c1.[CH3-].[Ni]. The molecule has 0 bridgehead atoms. The van der Waals surface area contributed by atoms with Crippen molar-refractivity contribution in [2.24, 2.45) is 15.9 Å². The average molecular weight is 522 g/mol. The number of esters is 1. The van der Waals surface area contributed by atoms with E-state index in [1.54, 1.807) is 13.8 Å². The maximum atomic E-state index is 10.3. The summed E-state index contributed by atoms with van der Waals surface area (Å²) in [5.74, 6) is -0.148. The fourth-order valence-electron chi connectivity index (χ4n) is 4.32. The van der Waals surface area contributed by atoms with Gasteiger partial charge in [-0.1, -0.05) is 49.2 Å². The van der Waals surface area contributed by atoms with E-state index in [0.29, 0.717) is 0 Å². The second-order valence-corrected chi connectivity index (χ2v) is 9.50. The van der Waals surface area contributed by atoms with Gasteiger partial charge in [-0.05, 0) is 89.5 Å². The van der Waals surface area contributed by atoms with Crippen molar-refractivity contribution in [1.29, 1.82) is 0 Å². The molecule has 1 aliphatic rings. The molecule has 1 aliphatic carbocycles. The number of hydrogen-bond acceptors (Lipinski definition) is 4. The predicted molar refractivity (Wildman–Crippen MR) is 147 cm³/mol. The van der Waals surface area contributed by atoms with Gasteiger partial charge in [-0.25, -0.2) is 0 Å². The summed E-state index contributed by atoms with van der Waals surface area (Å²) in [7, 11) is 1.39. The molecule has 0 spiro atoms. The number of aliphatic imine (C=N–C) groups is 2. The third-order valence-electron chi connectivity index (χ3n) is 5.85. The summed E-state index contributed by atoms with van der Waals surface area (Å²) in [6, 6.07) is 8.89. The normalized spacial score (nSPS) is 15.1. The van der Waals surface area contributed by atoms with E-state index >= 15 is 0 Å². The van der Waals surface area contributed by atoms with Crippen LogP contribution in [0.15, 0.2) is 34.3 Å². The number of benzene rings is 2. The molecule has 4 nitrogen and oxygen atoms in total. The molecule has 2 aromatic rings. The number of nitrogens with zero attached hydrogens (tertiary/aromatic N) is 2. The van der Waals surface area contributed by atoms with Gasteiger partial charge in [-0.2, -0.15) is 0 Å². The number of methoxy groups -OCH3 is 1. The summed E-state index contributed by atoms with van der Waals surface area (Å²) in [4.78, 5) is 20.5. The summed E-state index contributed by atoms with van der Waals surface area (Å²) in [5.41, 5.74) is 12.2. The molecule has 196 valence electrons. The first-order valence-corrected chi connectivity index (χ1v) is 11.9. The predicted octanol–water partition coefficient (Wildman–Crippen LogP) is 8.22. The Labute approximate surface area is 223 Å². The minimum atomic E-state index is -0.153. The molecule has 0 atom stereocenters. The van der Waals surface area contributed by atoms with E-state index in [-0.39, 0.29) is 35.8 Å². The van der Waals surface area contributed by atoms with E-state index < -0.39 is 0 Å². The van der Waals surface area contributed by atoms with Crippen molar-refractivity contribution in [2.45, 2.75) is 81.1 Å². The summed E-state index contributed by atoms with van der Waals surface area (Å²) in [6.07, 6.45) is 4.45. The van der Waals surface area contributed by atoms with Crippen molar-refractivity contribution in [3.63, 3.8) is 0 Å². The molecule has 0 aliphatic heterocycles. The minimum absolute atomic E-state index is 0. The molecular weight excluding hydrogens is 479 g/mol. The van der Waals surface area contributed by atoms with Gasteiger partial charge in [0, 0.05) is 16.5 Å². The van der Waals surface area contributed by atoms with Crippen molar-refractivity contribution in [2.75, 3.05) is 7.11 Å². The topological polar surface area (TPSA) is 51.0 Å². The Morgan fingerprint density at radius 2 is 1.06 bits per heavy atom. The van der Waals surface area contributed by atoms with Crippen LogP contribution < -0.4 is 0 Å². The van der Waals surface area contributed by atoms with E-state index in [1.165, 1.54) is 64.8 Å². The quantitative estimate of drug-likeness (QED) is 0.232. The second-order valence-electron chi connectivity index (χ2n) is 9.50. The van der Waals surface area contributed by atoms with Crippen LogP contribution in [0.25, 0.3) is 0 Å². The molecule has 0 aromatic heterocycles. The van der Waals surface area contributed by atoms with Crippen molar-refractivity contribution >= 4 is 28.8 Å². The summed E-state index contributed by atoms with van der Waals surface area (Å²) in [6.45, 7) is 16.5. The monoisotopic (exact) mass is 521 g/mol. The van der Waals surface area contributed by atoms with Gasteiger partial charge in [0.15, 0.2) is 0 Å². The van der Waals surface area contributed by atoms with Crippen LogP contribution in [0.2, 0.25) is 0 Å². The van der Waals surface area contributed by atoms with Crippen LogP contribution >= 0.6 is 0 Å². The molecule has 0 unspecified atom stereocenters. The summed E-state index contributed by atoms with van der Waals surface area (Å²) in [5, 5.41) is 0. The van der Waals surface area contributed by atoms with Crippen LogP contribution in [0.3, 0.4) is 0 Å². The largest absolute Gasteiger partial charge is 0.469 e. The van der Waals surface area contributed by atoms with Gasteiger partial charge in [-0.15, -0.1) is 0 Å². The average Bonchev–Trinajstić information content (AvgIpc) is 2.73. The molecule has 0 heterocycles. The molecule has 0 radical (unpaired) electrons. The number of carbonyl (C=O) groups excluding carboxylic acids is 1. The fraction of sp³-hybridized carbons (Fsp3) is 0.467. The maximum Gasteiger partial charge on any atom is 0.308 e. The third-order valence-corrected chi connectivity index (χ3v) is 5.85. The van der Waals surface area contributed by atoms with E-state index in [0.717, 1.165) is 24.2 Å². The van der Waals surface area contributed by atoms with Gasteiger partial charge < -0.3 is 12.2 Å². The van der Waals surface area contributed by atoms with E-state index in [4.69, 9.17) is 9.98 Å². The number of carbonyl (C=O) groups is 1. The van der Waals surface area contributed by atoms with Gasteiger partial charge in [-0.3, -0.25) is 14.8 Å². The summed E-state index contributed by atoms with van der Waals surface area (Å²) >= 11 is 0. The van der Waals surface area contributed by atoms with Gasteiger partial charge in [0.25, 0.3) is 0 Å². The van der Waals surface area contributed by atoms with Crippen LogP contribution in [0, 0.1) is 54.9 Å². The fourth-order valence-corrected chi connectivity index (χ4v) is 4.32. The van der Waals surface area contributed by atoms with Gasteiger partial charge >= 0.3 is 5.97 Å². The van der Waals surface area contributed by atoms with Gasteiger partial charge in [0.05, 0.1) is 35.8 Å². The zero-order chi connectivity index (χ0) is 24.7. The molecule has 1 fully saturated rings. The smallest absolute Gasteiger partial charge is 0.308 e. The third kappa shape index (κ3) is 9.37. The van der Waals surface area contributed by atoms with E-state index in [2.05, 4.69) is 70.5 Å². The number of rotatable bonds is 3. The van der Waals surface area contributed by atoms with Crippen LogP contribution in [0.5, 0.6) is 0 Å². The first-order chi connectivity index (χ1) is 15.5. The molecule has 1 saturated carbocycles. The molecule has 2 aromatic carbocycles. The Bertz CT molecular complexity index is 947. The Morgan fingerprint density at radius 3 is 1.29 bits per heavy atom. The first kappa shape index (κ1) is 32.7. The van der Waals surface area contributed by atoms with Crippen molar-refractivity contribution in [1.82, 2.24) is 0 Å². The van der Waals surface area contributed by atoms with Crippen molar-refractivity contribution in [3.05, 3.63) is 65.1 Å². The molecule has 0 amide bonds. The van der Waals surface area contributed by atoms with Crippen molar-refractivity contribution < 1.29 is 26.0 Å². The second kappa shape index (κ2) is 15.0. The molecule has 3 rings (SSSR count). The molecular formula is C30H43N2NiO2-. The Hall–Kier alpha value is -2.26. The van der Waals surface area contributed by atoms with E-state index in [9.17, 15) is 4.79 Å². The molecule has 0 N–H and O–H groups in total. The Morgan fingerprint density at radius 1 is 0.743 bits per heavy atom. The van der Waals surface area contributed by atoms with Crippen LogP contribution in [0.1, 0.15) is 72.9 Å². The number of ether oxygens (including phenoxy) is 1. The molecule has 35 heavy (non-hydrogen) atoms.